The number of aromatic nitrogens is 2. The maximum absolute atomic E-state index is 14.8. The lowest BCUT2D eigenvalue weighted by atomic mass is 9.97. The lowest BCUT2D eigenvalue weighted by molar-refractivity contribution is 0.0677. The molecule has 3 heterocycles. The Labute approximate surface area is 205 Å². The number of carbonyl (C=O) groups is 1. The number of piperidine rings is 1. The van der Waals surface area contributed by atoms with Crippen molar-refractivity contribution in [2.45, 2.75) is 51.2 Å². The van der Waals surface area contributed by atoms with Crippen molar-refractivity contribution in [2.24, 2.45) is 5.92 Å². The van der Waals surface area contributed by atoms with Gasteiger partial charge in [0.15, 0.2) is 0 Å². The van der Waals surface area contributed by atoms with Crippen molar-refractivity contribution in [2.75, 3.05) is 39.4 Å². The van der Waals surface area contributed by atoms with Gasteiger partial charge in [0, 0.05) is 24.2 Å². The molecule has 2 saturated heterocycles. The SMILES string of the molecule is CC(C)(F)CN1CCC(COc2cnc(-c3ccc(C(=O)N4CCCC4CO)cc3F)cn2)CC1. The second-order valence-electron chi connectivity index (χ2n) is 10.2. The highest BCUT2D eigenvalue weighted by atomic mass is 19.1. The van der Waals surface area contributed by atoms with Crippen LogP contribution >= 0.6 is 0 Å². The molecule has 0 spiro atoms. The zero-order valence-corrected chi connectivity index (χ0v) is 20.4. The van der Waals surface area contributed by atoms with Crippen molar-refractivity contribution in [3.05, 3.63) is 42.0 Å². The summed E-state index contributed by atoms with van der Waals surface area (Å²) < 4.78 is 34.5. The van der Waals surface area contributed by atoms with E-state index in [-0.39, 0.29) is 29.7 Å². The van der Waals surface area contributed by atoms with Crippen LogP contribution in [0.4, 0.5) is 8.78 Å². The number of hydrogen-bond acceptors (Lipinski definition) is 6. The summed E-state index contributed by atoms with van der Waals surface area (Å²) in [5, 5.41) is 9.45. The van der Waals surface area contributed by atoms with Gasteiger partial charge in [-0.25, -0.2) is 18.7 Å². The molecule has 1 aromatic carbocycles. The standard InChI is InChI=1S/C26H34F2N4O3/c1-26(2,28)17-31-10-7-18(8-11-31)16-35-24-14-29-23(13-30-24)21-6-5-19(12-22(21)27)25(34)32-9-3-4-20(32)15-33/h5-6,12-14,18,20,33H,3-4,7-11,15-17H2,1-2H3. The Kier molecular flexibility index (Phi) is 7.96. The van der Waals surface area contributed by atoms with Crippen molar-refractivity contribution in [1.29, 1.82) is 0 Å². The van der Waals surface area contributed by atoms with E-state index in [4.69, 9.17) is 4.74 Å². The molecule has 2 aliphatic heterocycles. The fourth-order valence-electron chi connectivity index (χ4n) is 4.89. The first-order chi connectivity index (χ1) is 16.7. The Balaban J connectivity index is 1.31. The van der Waals surface area contributed by atoms with Crippen LogP contribution in [0.2, 0.25) is 0 Å². The van der Waals surface area contributed by atoms with Crippen LogP contribution in [0.25, 0.3) is 11.3 Å². The summed E-state index contributed by atoms with van der Waals surface area (Å²) in [5.41, 5.74) is -0.331. The van der Waals surface area contributed by atoms with Gasteiger partial charge in [-0.1, -0.05) is 0 Å². The fraction of sp³-hybridized carbons (Fsp3) is 0.577. The van der Waals surface area contributed by atoms with Gasteiger partial charge in [0.1, 0.15) is 11.5 Å². The zero-order valence-electron chi connectivity index (χ0n) is 20.4. The van der Waals surface area contributed by atoms with Crippen LogP contribution in [0.15, 0.2) is 30.6 Å². The van der Waals surface area contributed by atoms with Crippen molar-refractivity contribution < 1.29 is 23.4 Å². The number of nitrogens with zero attached hydrogens (tertiary/aromatic N) is 4. The number of benzene rings is 1. The summed E-state index contributed by atoms with van der Waals surface area (Å²) >= 11 is 0. The van der Waals surface area contributed by atoms with Gasteiger partial charge in [0.25, 0.3) is 5.91 Å². The normalized spacial score (nSPS) is 19.8. The average Bonchev–Trinajstić information content (AvgIpc) is 3.31. The van der Waals surface area contributed by atoms with E-state index in [2.05, 4.69) is 14.9 Å². The quantitative estimate of drug-likeness (QED) is 0.610. The lowest BCUT2D eigenvalue weighted by Gasteiger charge is -2.34. The summed E-state index contributed by atoms with van der Waals surface area (Å²) in [6, 6.07) is 4.12. The van der Waals surface area contributed by atoms with Gasteiger partial charge in [0.05, 0.1) is 37.3 Å². The molecule has 1 amide bonds. The Morgan fingerprint density at radius 1 is 1.17 bits per heavy atom. The molecule has 1 unspecified atom stereocenters. The number of hydrogen-bond donors (Lipinski definition) is 1. The summed E-state index contributed by atoms with van der Waals surface area (Å²) in [6.45, 7) is 6.34. The monoisotopic (exact) mass is 488 g/mol. The van der Waals surface area contributed by atoms with Crippen LogP contribution < -0.4 is 4.74 Å². The van der Waals surface area contributed by atoms with Crippen LogP contribution in [0.5, 0.6) is 5.88 Å². The highest BCUT2D eigenvalue weighted by Gasteiger charge is 2.29. The molecule has 2 aliphatic rings. The van der Waals surface area contributed by atoms with Crippen molar-refractivity contribution in [3.8, 4) is 17.1 Å². The molecule has 1 N–H and O–H groups in total. The third-order valence-corrected chi connectivity index (χ3v) is 6.74. The van der Waals surface area contributed by atoms with Crippen molar-refractivity contribution >= 4 is 5.91 Å². The van der Waals surface area contributed by atoms with E-state index < -0.39 is 11.5 Å². The maximum atomic E-state index is 14.8. The molecule has 190 valence electrons. The third kappa shape index (κ3) is 6.52. The zero-order chi connectivity index (χ0) is 25.0. The van der Waals surface area contributed by atoms with E-state index in [1.54, 1.807) is 24.8 Å². The maximum Gasteiger partial charge on any atom is 0.254 e. The van der Waals surface area contributed by atoms with E-state index in [0.717, 1.165) is 38.8 Å². The van der Waals surface area contributed by atoms with E-state index >= 15 is 0 Å². The number of ether oxygens (including phenoxy) is 1. The molecule has 0 radical (unpaired) electrons. The Hall–Kier alpha value is -2.65. The van der Waals surface area contributed by atoms with E-state index in [1.165, 1.54) is 24.5 Å². The molecule has 0 saturated carbocycles. The predicted octanol–water partition coefficient (Wildman–Crippen LogP) is 3.72. The molecule has 2 aromatic rings. The fourth-order valence-corrected chi connectivity index (χ4v) is 4.89. The number of aliphatic hydroxyl groups is 1. The highest BCUT2D eigenvalue weighted by molar-refractivity contribution is 5.95. The molecule has 4 rings (SSSR count). The van der Waals surface area contributed by atoms with E-state index in [0.29, 0.717) is 37.2 Å². The number of halogens is 2. The van der Waals surface area contributed by atoms with Crippen LogP contribution in [0, 0.1) is 11.7 Å². The molecule has 1 aromatic heterocycles. The van der Waals surface area contributed by atoms with Gasteiger partial charge in [0.2, 0.25) is 5.88 Å². The van der Waals surface area contributed by atoms with Crippen LogP contribution in [-0.4, -0.2) is 81.9 Å². The summed E-state index contributed by atoms with van der Waals surface area (Å²) in [4.78, 5) is 25.0. The van der Waals surface area contributed by atoms with Gasteiger partial charge in [-0.2, -0.15) is 0 Å². The minimum atomic E-state index is -1.19. The number of alkyl halides is 1. The molecule has 1 atom stereocenters. The molecule has 35 heavy (non-hydrogen) atoms. The second kappa shape index (κ2) is 11.0. The lowest BCUT2D eigenvalue weighted by Crippen LogP contribution is -2.41. The highest BCUT2D eigenvalue weighted by Crippen LogP contribution is 2.26. The Bertz CT molecular complexity index is 1000. The minimum absolute atomic E-state index is 0.0903. The Morgan fingerprint density at radius 2 is 1.94 bits per heavy atom. The number of rotatable bonds is 8. The van der Waals surface area contributed by atoms with Gasteiger partial charge < -0.3 is 19.6 Å². The first-order valence-corrected chi connectivity index (χ1v) is 12.3. The van der Waals surface area contributed by atoms with E-state index in [9.17, 15) is 18.7 Å². The minimum Gasteiger partial charge on any atom is -0.476 e. The molecule has 2 fully saturated rings. The van der Waals surface area contributed by atoms with Gasteiger partial charge in [-0.05, 0) is 76.7 Å². The van der Waals surface area contributed by atoms with Crippen LogP contribution in [0.3, 0.4) is 0 Å². The van der Waals surface area contributed by atoms with E-state index in [1.807, 2.05) is 0 Å². The summed E-state index contributed by atoms with van der Waals surface area (Å²) in [6.07, 6.45) is 6.40. The van der Waals surface area contributed by atoms with Crippen LogP contribution in [0.1, 0.15) is 49.9 Å². The van der Waals surface area contributed by atoms with Crippen molar-refractivity contribution in [3.63, 3.8) is 0 Å². The molecular formula is C26H34F2N4O3. The van der Waals surface area contributed by atoms with Gasteiger partial charge >= 0.3 is 0 Å². The molecule has 0 aliphatic carbocycles. The van der Waals surface area contributed by atoms with Crippen LogP contribution in [-0.2, 0) is 0 Å². The van der Waals surface area contributed by atoms with Gasteiger partial charge in [-0.15, -0.1) is 0 Å². The average molecular weight is 489 g/mol. The number of carbonyl (C=O) groups excluding carboxylic acids is 1. The number of likely N-dealkylation sites (tertiary alicyclic amines) is 2. The smallest absolute Gasteiger partial charge is 0.254 e. The topological polar surface area (TPSA) is 78.8 Å². The predicted molar refractivity (Wildman–Crippen MR) is 128 cm³/mol. The number of amides is 1. The second-order valence-corrected chi connectivity index (χ2v) is 10.2. The first kappa shape index (κ1) is 25.4. The summed E-state index contributed by atoms with van der Waals surface area (Å²) in [5.74, 6) is -0.0841. The molecule has 0 bridgehead atoms. The number of aliphatic hydroxyl groups excluding tert-OH is 1. The first-order valence-electron chi connectivity index (χ1n) is 12.3. The Morgan fingerprint density at radius 3 is 2.57 bits per heavy atom. The molecular weight excluding hydrogens is 454 g/mol. The largest absolute Gasteiger partial charge is 0.476 e. The summed E-state index contributed by atoms with van der Waals surface area (Å²) in [7, 11) is 0. The van der Waals surface area contributed by atoms with Gasteiger partial charge in [-0.3, -0.25) is 4.79 Å². The molecule has 9 heteroatoms. The van der Waals surface area contributed by atoms with Crippen molar-refractivity contribution in [1.82, 2.24) is 19.8 Å². The molecule has 7 nitrogen and oxygen atoms in total. The third-order valence-electron chi connectivity index (χ3n) is 6.74.